The van der Waals surface area contributed by atoms with Gasteiger partial charge < -0.3 is 10.2 Å². The van der Waals surface area contributed by atoms with Gasteiger partial charge in [-0.3, -0.25) is 9.59 Å². The van der Waals surface area contributed by atoms with Crippen molar-refractivity contribution in [3.8, 4) is 0 Å². The molecule has 2 amide bonds. The molecule has 0 aliphatic carbocycles. The van der Waals surface area contributed by atoms with Crippen molar-refractivity contribution in [2.75, 3.05) is 23.9 Å². The van der Waals surface area contributed by atoms with E-state index in [1.807, 2.05) is 25.1 Å². The zero-order valence-electron chi connectivity index (χ0n) is 15.5. The molecule has 1 N–H and O–H groups in total. The second-order valence-corrected chi connectivity index (χ2v) is 7.34. The fourth-order valence-corrected chi connectivity index (χ4v) is 3.18. The summed E-state index contributed by atoms with van der Waals surface area (Å²) < 4.78 is 37.7. The maximum atomic E-state index is 12.6. The Morgan fingerprint density at radius 2 is 1.75 bits per heavy atom. The third-order valence-corrected chi connectivity index (χ3v) is 4.80. The van der Waals surface area contributed by atoms with Crippen LogP contribution in [0.4, 0.5) is 18.9 Å². The Labute approximate surface area is 166 Å². The molecule has 0 radical (unpaired) electrons. The number of halogens is 3. The van der Waals surface area contributed by atoms with Crippen LogP contribution in [0.3, 0.4) is 0 Å². The number of carbonyl (C=O) groups is 2. The Morgan fingerprint density at radius 3 is 2.36 bits per heavy atom. The van der Waals surface area contributed by atoms with Gasteiger partial charge in [-0.05, 0) is 42.3 Å². The van der Waals surface area contributed by atoms with E-state index in [4.69, 9.17) is 0 Å². The fourth-order valence-electron chi connectivity index (χ4n) is 2.42. The molecule has 0 aromatic heterocycles. The van der Waals surface area contributed by atoms with E-state index in [0.717, 1.165) is 17.7 Å². The molecule has 0 unspecified atom stereocenters. The Balaban J connectivity index is 1.75. The lowest BCUT2D eigenvalue weighted by Crippen LogP contribution is -2.28. The van der Waals surface area contributed by atoms with Crippen molar-refractivity contribution in [2.45, 2.75) is 19.6 Å². The normalized spacial score (nSPS) is 11.2. The van der Waals surface area contributed by atoms with Gasteiger partial charge in [-0.25, -0.2) is 0 Å². The van der Waals surface area contributed by atoms with Crippen molar-refractivity contribution in [1.29, 1.82) is 0 Å². The number of alkyl halides is 3. The average molecular weight is 410 g/mol. The largest absolute Gasteiger partial charge is 0.416 e. The highest BCUT2D eigenvalue weighted by Gasteiger charge is 2.29. The smallest absolute Gasteiger partial charge is 0.341 e. The molecule has 0 aliphatic rings. The van der Waals surface area contributed by atoms with Gasteiger partial charge in [0.15, 0.2) is 0 Å². The Hall–Kier alpha value is -2.48. The minimum Gasteiger partial charge on any atom is -0.341 e. The lowest BCUT2D eigenvalue weighted by molar-refractivity contribution is -0.137. The molecule has 150 valence electrons. The summed E-state index contributed by atoms with van der Waals surface area (Å²) in [7, 11) is 1.58. The van der Waals surface area contributed by atoms with Gasteiger partial charge >= 0.3 is 6.18 Å². The lowest BCUT2D eigenvalue weighted by atomic mass is 10.1. The highest BCUT2D eigenvalue weighted by molar-refractivity contribution is 8.00. The number of carbonyl (C=O) groups excluding carboxylic acids is 2. The average Bonchev–Trinajstić information content (AvgIpc) is 2.61. The third kappa shape index (κ3) is 6.92. The number of benzene rings is 2. The summed E-state index contributed by atoms with van der Waals surface area (Å²) in [5.41, 5.74) is 1.62. The quantitative estimate of drug-likeness (QED) is 0.739. The predicted octanol–water partition coefficient (Wildman–Crippen LogP) is 4.34. The van der Waals surface area contributed by atoms with E-state index in [-0.39, 0.29) is 29.9 Å². The van der Waals surface area contributed by atoms with E-state index < -0.39 is 11.7 Å². The van der Waals surface area contributed by atoms with Crippen LogP contribution in [0.2, 0.25) is 0 Å². The number of hydrogen-bond acceptors (Lipinski definition) is 3. The molecule has 2 rings (SSSR count). The highest BCUT2D eigenvalue weighted by Crippen LogP contribution is 2.29. The number of amides is 2. The van der Waals surface area contributed by atoms with E-state index in [1.54, 1.807) is 13.1 Å². The second-order valence-electron chi connectivity index (χ2n) is 6.35. The van der Waals surface area contributed by atoms with E-state index in [0.29, 0.717) is 11.3 Å². The maximum Gasteiger partial charge on any atom is 0.416 e. The Bertz CT molecular complexity index is 823. The van der Waals surface area contributed by atoms with E-state index in [2.05, 4.69) is 5.32 Å². The van der Waals surface area contributed by atoms with Crippen LogP contribution >= 0.6 is 11.8 Å². The lowest BCUT2D eigenvalue weighted by Gasteiger charge is -2.17. The highest BCUT2D eigenvalue weighted by atomic mass is 32.2. The standard InChI is InChI=1S/C20H21F3N2O2S/c1-14-4-3-5-17(10-14)24-18(26)12-28-13-19(27)25(2)11-15-6-8-16(9-7-15)20(21,22)23/h3-10H,11-13H2,1-2H3,(H,24,26). The summed E-state index contributed by atoms with van der Waals surface area (Å²) in [6, 6.07) is 12.1. The van der Waals surface area contributed by atoms with Crippen LogP contribution in [0.1, 0.15) is 16.7 Å². The first-order chi connectivity index (χ1) is 13.1. The first-order valence-electron chi connectivity index (χ1n) is 8.49. The number of aryl methyl sites for hydroxylation is 1. The molecule has 0 saturated heterocycles. The van der Waals surface area contributed by atoms with Gasteiger partial charge in [0, 0.05) is 19.3 Å². The van der Waals surface area contributed by atoms with Crippen molar-refractivity contribution < 1.29 is 22.8 Å². The summed E-state index contributed by atoms with van der Waals surface area (Å²) in [6.45, 7) is 2.13. The van der Waals surface area contributed by atoms with Gasteiger partial charge in [0.2, 0.25) is 11.8 Å². The number of hydrogen-bond donors (Lipinski definition) is 1. The number of anilines is 1. The van der Waals surface area contributed by atoms with Crippen molar-refractivity contribution in [3.63, 3.8) is 0 Å². The molecule has 8 heteroatoms. The zero-order chi connectivity index (χ0) is 20.7. The molecule has 0 spiro atoms. The fraction of sp³-hybridized carbons (Fsp3) is 0.300. The van der Waals surface area contributed by atoms with Crippen molar-refractivity contribution >= 4 is 29.3 Å². The molecule has 0 fully saturated rings. The van der Waals surface area contributed by atoms with Gasteiger partial charge in [-0.2, -0.15) is 13.2 Å². The van der Waals surface area contributed by atoms with Crippen LogP contribution in [0.5, 0.6) is 0 Å². The molecule has 28 heavy (non-hydrogen) atoms. The molecule has 2 aromatic carbocycles. The van der Waals surface area contributed by atoms with Crippen LogP contribution in [-0.4, -0.2) is 35.3 Å². The molecule has 0 heterocycles. The minimum atomic E-state index is -4.38. The Morgan fingerprint density at radius 1 is 1.07 bits per heavy atom. The SMILES string of the molecule is Cc1cccc(NC(=O)CSCC(=O)N(C)Cc2ccc(C(F)(F)F)cc2)c1. The number of nitrogens with one attached hydrogen (secondary N) is 1. The summed E-state index contributed by atoms with van der Waals surface area (Å²) in [5.74, 6) is -0.159. The maximum absolute atomic E-state index is 12.6. The Kier molecular flexibility index (Phi) is 7.51. The number of rotatable bonds is 7. The second kappa shape index (κ2) is 9.64. The van der Waals surface area contributed by atoms with Crippen LogP contribution in [-0.2, 0) is 22.3 Å². The van der Waals surface area contributed by atoms with Gasteiger partial charge in [0.05, 0.1) is 17.1 Å². The summed E-state index contributed by atoms with van der Waals surface area (Å²) >= 11 is 1.19. The van der Waals surface area contributed by atoms with Crippen LogP contribution in [0.25, 0.3) is 0 Å². The van der Waals surface area contributed by atoms with E-state index in [1.165, 1.54) is 28.8 Å². The van der Waals surface area contributed by atoms with Gasteiger partial charge in [0.25, 0.3) is 0 Å². The summed E-state index contributed by atoms with van der Waals surface area (Å²) in [6.07, 6.45) is -4.38. The number of nitrogens with zero attached hydrogens (tertiary/aromatic N) is 1. The van der Waals surface area contributed by atoms with Crippen molar-refractivity contribution in [1.82, 2.24) is 4.90 Å². The minimum absolute atomic E-state index is 0.109. The monoisotopic (exact) mass is 410 g/mol. The van der Waals surface area contributed by atoms with Crippen LogP contribution in [0.15, 0.2) is 48.5 Å². The summed E-state index contributed by atoms with van der Waals surface area (Å²) in [5, 5.41) is 2.77. The molecule has 4 nitrogen and oxygen atoms in total. The predicted molar refractivity (Wildman–Crippen MR) is 105 cm³/mol. The van der Waals surface area contributed by atoms with Gasteiger partial charge in [0.1, 0.15) is 0 Å². The molecule has 0 bridgehead atoms. The third-order valence-electron chi connectivity index (χ3n) is 3.89. The first kappa shape index (κ1) is 21.8. The molecule has 0 aliphatic heterocycles. The van der Waals surface area contributed by atoms with Crippen LogP contribution in [0, 0.1) is 6.92 Å². The van der Waals surface area contributed by atoms with Crippen molar-refractivity contribution in [2.24, 2.45) is 0 Å². The van der Waals surface area contributed by atoms with Crippen molar-refractivity contribution in [3.05, 3.63) is 65.2 Å². The molecular weight excluding hydrogens is 389 g/mol. The van der Waals surface area contributed by atoms with Crippen LogP contribution < -0.4 is 5.32 Å². The molecular formula is C20H21F3N2O2S. The topological polar surface area (TPSA) is 49.4 Å². The molecule has 0 atom stereocenters. The van der Waals surface area contributed by atoms with E-state index >= 15 is 0 Å². The molecule has 2 aromatic rings. The number of thioether (sulfide) groups is 1. The van der Waals surface area contributed by atoms with Gasteiger partial charge in [-0.1, -0.05) is 24.3 Å². The van der Waals surface area contributed by atoms with E-state index in [9.17, 15) is 22.8 Å². The summed E-state index contributed by atoms with van der Waals surface area (Å²) in [4.78, 5) is 25.5. The van der Waals surface area contributed by atoms with Gasteiger partial charge in [-0.15, -0.1) is 11.8 Å². The first-order valence-corrected chi connectivity index (χ1v) is 9.65. The molecule has 0 saturated carbocycles. The zero-order valence-corrected chi connectivity index (χ0v) is 16.4.